The van der Waals surface area contributed by atoms with E-state index in [0.717, 1.165) is 23.4 Å². The van der Waals surface area contributed by atoms with Crippen molar-refractivity contribution < 1.29 is 14.7 Å². The standard InChI is InChI=1S/C15H17N3O4S/c1-8-9(2)23-15-16-7-10(13(20)18(8)15)12(19)17-6-4-3-5-11(17)14(21)22/h7,11H,3-6H2,1-2H3,(H,21,22)/t11-/m1/s1. The number of aliphatic carboxylic acids is 1. The van der Waals surface area contributed by atoms with Gasteiger partial charge in [-0.3, -0.25) is 14.0 Å². The molecule has 8 heteroatoms. The van der Waals surface area contributed by atoms with Gasteiger partial charge in [-0.15, -0.1) is 11.3 Å². The zero-order valence-corrected chi connectivity index (χ0v) is 13.7. The highest BCUT2D eigenvalue weighted by Gasteiger charge is 2.34. The maximum Gasteiger partial charge on any atom is 0.326 e. The normalized spacial score (nSPS) is 18.3. The summed E-state index contributed by atoms with van der Waals surface area (Å²) >= 11 is 1.39. The second-order valence-corrected chi connectivity index (χ2v) is 6.87. The van der Waals surface area contributed by atoms with E-state index in [1.54, 1.807) is 6.92 Å². The molecule has 0 bridgehead atoms. The van der Waals surface area contributed by atoms with Gasteiger partial charge < -0.3 is 10.0 Å². The van der Waals surface area contributed by atoms with E-state index in [1.165, 1.54) is 26.8 Å². The highest BCUT2D eigenvalue weighted by Crippen LogP contribution is 2.21. The predicted octanol–water partition coefficient (Wildman–Crippen LogP) is 1.45. The molecular weight excluding hydrogens is 318 g/mol. The number of amides is 1. The lowest BCUT2D eigenvalue weighted by atomic mass is 10.0. The summed E-state index contributed by atoms with van der Waals surface area (Å²) in [6, 6.07) is -0.873. The minimum atomic E-state index is -1.03. The van der Waals surface area contributed by atoms with Crippen molar-refractivity contribution in [3.05, 3.63) is 32.7 Å². The lowest BCUT2D eigenvalue weighted by molar-refractivity contribution is -0.143. The second-order valence-electron chi connectivity index (χ2n) is 5.69. The van der Waals surface area contributed by atoms with Crippen LogP contribution in [0, 0.1) is 13.8 Å². The minimum absolute atomic E-state index is 0.0726. The van der Waals surface area contributed by atoms with Gasteiger partial charge in [-0.25, -0.2) is 9.78 Å². The number of thiazole rings is 1. The Morgan fingerprint density at radius 3 is 2.78 bits per heavy atom. The summed E-state index contributed by atoms with van der Waals surface area (Å²) in [5.74, 6) is -1.58. The molecule has 1 N–H and O–H groups in total. The quantitative estimate of drug-likeness (QED) is 0.897. The molecular formula is C15H17N3O4S. The molecule has 0 aromatic carbocycles. The Bertz CT molecular complexity index is 854. The topological polar surface area (TPSA) is 92.0 Å². The van der Waals surface area contributed by atoms with Crippen molar-refractivity contribution in [2.24, 2.45) is 0 Å². The van der Waals surface area contributed by atoms with E-state index in [2.05, 4.69) is 4.98 Å². The van der Waals surface area contributed by atoms with Gasteiger partial charge in [0.2, 0.25) is 0 Å². The second kappa shape index (κ2) is 5.77. The Kier molecular flexibility index (Phi) is 3.93. The van der Waals surface area contributed by atoms with E-state index in [1.807, 2.05) is 6.92 Å². The smallest absolute Gasteiger partial charge is 0.326 e. The number of likely N-dealkylation sites (tertiary alicyclic amines) is 1. The summed E-state index contributed by atoms with van der Waals surface area (Å²) in [6.45, 7) is 4.04. The number of fused-ring (bicyclic) bond motifs is 1. The fourth-order valence-corrected chi connectivity index (χ4v) is 3.84. The first-order chi connectivity index (χ1) is 10.9. The highest BCUT2D eigenvalue weighted by molar-refractivity contribution is 7.17. The molecule has 2 aromatic heterocycles. The summed E-state index contributed by atoms with van der Waals surface area (Å²) in [4.78, 5) is 43.7. The fourth-order valence-electron chi connectivity index (χ4n) is 2.91. The summed E-state index contributed by atoms with van der Waals surface area (Å²) in [5, 5.41) is 9.30. The predicted molar refractivity (Wildman–Crippen MR) is 85.1 cm³/mol. The van der Waals surface area contributed by atoms with Gasteiger partial charge in [0.1, 0.15) is 11.6 Å². The number of aromatic nitrogens is 2. The zero-order chi connectivity index (χ0) is 16.7. The van der Waals surface area contributed by atoms with Crippen molar-refractivity contribution in [3.63, 3.8) is 0 Å². The molecule has 0 spiro atoms. The average molecular weight is 335 g/mol. The van der Waals surface area contributed by atoms with Crippen LogP contribution in [0.4, 0.5) is 0 Å². The largest absolute Gasteiger partial charge is 0.480 e. The zero-order valence-electron chi connectivity index (χ0n) is 12.9. The molecule has 7 nitrogen and oxygen atoms in total. The SMILES string of the molecule is Cc1sc2ncc(C(=O)N3CCCC[C@@H]3C(=O)O)c(=O)n2c1C. The van der Waals surface area contributed by atoms with Crippen LogP contribution in [0.25, 0.3) is 4.96 Å². The van der Waals surface area contributed by atoms with Crippen LogP contribution in [0.1, 0.15) is 40.2 Å². The van der Waals surface area contributed by atoms with Crippen molar-refractivity contribution in [2.45, 2.75) is 39.2 Å². The van der Waals surface area contributed by atoms with Crippen LogP contribution >= 0.6 is 11.3 Å². The maximum absolute atomic E-state index is 12.7. The van der Waals surface area contributed by atoms with Gasteiger partial charge in [0, 0.05) is 23.3 Å². The van der Waals surface area contributed by atoms with Crippen molar-refractivity contribution in [1.82, 2.24) is 14.3 Å². The van der Waals surface area contributed by atoms with Crippen LogP contribution < -0.4 is 5.56 Å². The van der Waals surface area contributed by atoms with Crippen molar-refractivity contribution in [2.75, 3.05) is 6.54 Å². The Morgan fingerprint density at radius 1 is 1.35 bits per heavy atom. The van der Waals surface area contributed by atoms with Gasteiger partial charge in [-0.2, -0.15) is 0 Å². The number of hydrogen-bond acceptors (Lipinski definition) is 5. The number of hydrogen-bond donors (Lipinski definition) is 1. The molecule has 0 saturated carbocycles. The van der Waals surface area contributed by atoms with E-state index < -0.39 is 23.5 Å². The third kappa shape index (κ3) is 2.52. The Labute approximate surface area is 136 Å². The van der Waals surface area contributed by atoms with Gasteiger partial charge >= 0.3 is 5.97 Å². The molecule has 0 radical (unpaired) electrons. The van der Waals surface area contributed by atoms with Crippen molar-refractivity contribution >= 4 is 28.2 Å². The first-order valence-corrected chi connectivity index (χ1v) is 8.25. The van der Waals surface area contributed by atoms with E-state index in [-0.39, 0.29) is 5.56 Å². The van der Waals surface area contributed by atoms with E-state index in [4.69, 9.17) is 0 Å². The van der Waals surface area contributed by atoms with E-state index in [0.29, 0.717) is 17.9 Å². The van der Waals surface area contributed by atoms with Crippen LogP contribution in [-0.4, -0.2) is 43.9 Å². The Morgan fingerprint density at radius 2 is 2.09 bits per heavy atom. The third-order valence-electron chi connectivity index (χ3n) is 4.30. The number of carboxylic acid groups (broad SMARTS) is 1. The molecule has 1 atom stereocenters. The molecule has 3 heterocycles. The molecule has 2 aromatic rings. The summed E-state index contributed by atoms with van der Waals surface area (Å²) in [7, 11) is 0. The van der Waals surface area contributed by atoms with Crippen LogP contribution in [0.15, 0.2) is 11.0 Å². The summed E-state index contributed by atoms with van der Waals surface area (Å²) < 4.78 is 1.42. The van der Waals surface area contributed by atoms with Crippen LogP contribution in [-0.2, 0) is 4.79 Å². The molecule has 1 fully saturated rings. The van der Waals surface area contributed by atoms with Gasteiger partial charge in [0.05, 0.1) is 0 Å². The molecule has 23 heavy (non-hydrogen) atoms. The molecule has 1 aliphatic rings. The van der Waals surface area contributed by atoms with Gasteiger partial charge in [0.25, 0.3) is 11.5 Å². The molecule has 0 unspecified atom stereocenters. The lowest BCUT2D eigenvalue weighted by Crippen LogP contribution is -2.49. The first kappa shape index (κ1) is 15.7. The average Bonchev–Trinajstić information content (AvgIpc) is 2.82. The Hall–Kier alpha value is -2.22. The first-order valence-electron chi connectivity index (χ1n) is 7.43. The Balaban J connectivity index is 2.07. The third-order valence-corrected chi connectivity index (χ3v) is 5.37. The number of piperidine rings is 1. The van der Waals surface area contributed by atoms with Crippen molar-refractivity contribution in [1.29, 1.82) is 0 Å². The van der Waals surface area contributed by atoms with Crippen LogP contribution in [0.5, 0.6) is 0 Å². The number of carboxylic acids is 1. The van der Waals surface area contributed by atoms with E-state index >= 15 is 0 Å². The minimum Gasteiger partial charge on any atom is -0.480 e. The number of aryl methyl sites for hydroxylation is 2. The van der Waals surface area contributed by atoms with E-state index in [9.17, 15) is 19.5 Å². The van der Waals surface area contributed by atoms with Gasteiger partial charge in [0.15, 0.2) is 4.96 Å². The van der Waals surface area contributed by atoms with Gasteiger partial charge in [-0.05, 0) is 33.1 Å². The van der Waals surface area contributed by atoms with Crippen molar-refractivity contribution in [3.8, 4) is 0 Å². The maximum atomic E-state index is 12.7. The molecule has 1 saturated heterocycles. The lowest BCUT2D eigenvalue weighted by Gasteiger charge is -2.32. The monoisotopic (exact) mass is 335 g/mol. The van der Waals surface area contributed by atoms with Gasteiger partial charge in [-0.1, -0.05) is 0 Å². The molecule has 1 amide bonds. The molecule has 122 valence electrons. The molecule has 0 aliphatic carbocycles. The number of carbonyl (C=O) groups is 2. The molecule has 1 aliphatic heterocycles. The number of carbonyl (C=O) groups excluding carboxylic acids is 1. The highest BCUT2D eigenvalue weighted by atomic mass is 32.1. The molecule has 3 rings (SSSR count). The summed E-state index contributed by atoms with van der Waals surface area (Å²) in [6.07, 6.45) is 3.18. The fraction of sp³-hybridized carbons (Fsp3) is 0.467. The number of nitrogens with zero attached hydrogens (tertiary/aromatic N) is 3. The summed E-state index contributed by atoms with van der Waals surface area (Å²) in [5.41, 5.74) is 0.249. The number of rotatable bonds is 2. The van der Waals surface area contributed by atoms with Crippen LogP contribution in [0.3, 0.4) is 0 Å². The van der Waals surface area contributed by atoms with Crippen LogP contribution in [0.2, 0.25) is 0 Å².